The van der Waals surface area contributed by atoms with Crippen molar-refractivity contribution in [3.63, 3.8) is 0 Å². The molecule has 0 aromatic heterocycles. The van der Waals surface area contributed by atoms with E-state index in [4.69, 9.17) is 21.1 Å². The number of carbonyl (C=O) groups is 1. The molecule has 3 rings (SSSR count). The molecule has 1 aromatic carbocycles. The number of rotatable bonds is 4. The Morgan fingerprint density at radius 2 is 2.17 bits per heavy atom. The summed E-state index contributed by atoms with van der Waals surface area (Å²) < 4.78 is 25.2. The van der Waals surface area contributed by atoms with Crippen LogP contribution in [0.3, 0.4) is 0 Å². The Labute approximate surface area is 140 Å². The van der Waals surface area contributed by atoms with E-state index in [-0.39, 0.29) is 18.4 Å². The normalized spacial score (nSPS) is 18.8. The second-order valence-corrected chi connectivity index (χ2v) is 6.41. The fourth-order valence-corrected chi connectivity index (χ4v) is 3.42. The van der Waals surface area contributed by atoms with Crippen molar-refractivity contribution in [2.45, 2.75) is 38.2 Å². The van der Waals surface area contributed by atoms with Gasteiger partial charge in [-0.1, -0.05) is 11.6 Å². The average molecular weight is 342 g/mol. The first-order valence-electron chi connectivity index (χ1n) is 8.13. The molecule has 2 aliphatic heterocycles. The third-order valence-corrected chi connectivity index (χ3v) is 4.56. The molecule has 1 saturated heterocycles. The molecule has 0 atom stereocenters. The van der Waals surface area contributed by atoms with E-state index in [2.05, 4.69) is 0 Å². The summed E-state index contributed by atoms with van der Waals surface area (Å²) >= 11 is 5.91. The molecule has 2 heterocycles. The molecule has 1 aromatic rings. The number of halogens is 2. The van der Waals surface area contributed by atoms with E-state index in [9.17, 15) is 9.18 Å². The number of hydrogen-bond acceptors (Lipinski definition) is 3. The molecule has 23 heavy (non-hydrogen) atoms. The first-order chi connectivity index (χ1) is 11.1. The van der Waals surface area contributed by atoms with Gasteiger partial charge in [0.2, 0.25) is 5.91 Å². The molecule has 0 aliphatic carbocycles. The first kappa shape index (κ1) is 16.7. The van der Waals surface area contributed by atoms with Crippen molar-refractivity contribution < 1.29 is 18.7 Å². The van der Waals surface area contributed by atoms with E-state index in [0.717, 1.165) is 31.2 Å². The largest absolute Gasteiger partial charge is 0.381 e. The molecule has 0 radical (unpaired) electrons. The topological polar surface area (TPSA) is 38.8 Å². The summed E-state index contributed by atoms with van der Waals surface area (Å²) in [5.74, 6) is -0.523. The van der Waals surface area contributed by atoms with Crippen molar-refractivity contribution in [3.8, 4) is 0 Å². The Kier molecular flexibility index (Phi) is 5.51. The number of benzene rings is 1. The highest BCUT2D eigenvalue weighted by atomic mass is 35.5. The molecule has 1 amide bonds. The summed E-state index contributed by atoms with van der Waals surface area (Å²) in [6, 6.07) is 3.02. The van der Waals surface area contributed by atoms with Crippen LogP contribution in [0.5, 0.6) is 0 Å². The molecule has 126 valence electrons. The van der Waals surface area contributed by atoms with E-state index in [1.807, 2.05) is 0 Å². The lowest BCUT2D eigenvalue weighted by Gasteiger charge is -2.30. The summed E-state index contributed by atoms with van der Waals surface area (Å²) in [5.41, 5.74) is 1.19. The number of amides is 1. The Bertz CT molecular complexity index is 575. The summed E-state index contributed by atoms with van der Waals surface area (Å²) in [6.45, 7) is 2.33. The molecule has 4 nitrogen and oxygen atoms in total. The van der Waals surface area contributed by atoms with Gasteiger partial charge in [-0.25, -0.2) is 4.39 Å². The standard InChI is InChI=1S/C17H21ClFNO3/c18-13-10-12-2-1-6-20(17(12)15(19)11-13)16(21)5-9-23-14-3-7-22-8-4-14/h10-11,14H,1-9H2. The fourth-order valence-electron chi connectivity index (χ4n) is 3.19. The van der Waals surface area contributed by atoms with Gasteiger partial charge in [-0.2, -0.15) is 0 Å². The van der Waals surface area contributed by atoms with Gasteiger partial charge in [0.15, 0.2) is 0 Å². The maximum absolute atomic E-state index is 14.2. The smallest absolute Gasteiger partial charge is 0.229 e. The Hall–Kier alpha value is -1.17. The van der Waals surface area contributed by atoms with Crippen molar-refractivity contribution in [1.29, 1.82) is 0 Å². The molecule has 6 heteroatoms. The maximum atomic E-state index is 14.2. The van der Waals surface area contributed by atoms with Gasteiger partial charge in [0.05, 0.1) is 24.8 Å². The van der Waals surface area contributed by atoms with Crippen LogP contribution in [-0.2, 0) is 20.7 Å². The predicted octanol–water partition coefficient (Wildman–Crippen LogP) is 3.34. The number of carbonyl (C=O) groups excluding carboxylic acids is 1. The summed E-state index contributed by atoms with van der Waals surface area (Å²) in [7, 11) is 0. The van der Waals surface area contributed by atoms with Crippen LogP contribution < -0.4 is 4.90 Å². The highest BCUT2D eigenvalue weighted by Crippen LogP contribution is 2.33. The molecule has 2 aliphatic rings. The van der Waals surface area contributed by atoms with E-state index >= 15 is 0 Å². The van der Waals surface area contributed by atoms with Crippen molar-refractivity contribution in [3.05, 3.63) is 28.5 Å². The summed E-state index contributed by atoms with van der Waals surface area (Å²) in [5, 5.41) is 0.374. The second-order valence-electron chi connectivity index (χ2n) is 5.98. The molecule has 1 fully saturated rings. The number of fused-ring (bicyclic) bond motifs is 1. The van der Waals surface area contributed by atoms with Crippen LogP contribution in [0.1, 0.15) is 31.2 Å². The molecule has 0 bridgehead atoms. The molecule has 0 spiro atoms. The van der Waals surface area contributed by atoms with Crippen molar-refractivity contribution in [2.75, 3.05) is 31.3 Å². The van der Waals surface area contributed by atoms with E-state index in [1.54, 1.807) is 6.07 Å². The fraction of sp³-hybridized carbons (Fsp3) is 0.588. The van der Waals surface area contributed by atoms with E-state index < -0.39 is 5.82 Å². The van der Waals surface area contributed by atoms with Crippen molar-refractivity contribution >= 4 is 23.2 Å². The van der Waals surface area contributed by atoms with Crippen molar-refractivity contribution in [2.24, 2.45) is 0 Å². The van der Waals surface area contributed by atoms with Crippen molar-refractivity contribution in [1.82, 2.24) is 0 Å². The van der Waals surface area contributed by atoms with E-state index in [1.165, 1.54) is 11.0 Å². The van der Waals surface area contributed by atoms with Crippen LogP contribution >= 0.6 is 11.6 Å². The number of ether oxygens (including phenoxy) is 2. The Morgan fingerprint density at radius 3 is 2.96 bits per heavy atom. The number of anilines is 1. The van der Waals surface area contributed by atoms with Crippen LogP contribution in [0.15, 0.2) is 12.1 Å². The third kappa shape index (κ3) is 4.03. The first-order valence-corrected chi connectivity index (χ1v) is 8.50. The quantitative estimate of drug-likeness (QED) is 0.843. The molecule has 0 unspecified atom stereocenters. The van der Waals surface area contributed by atoms with Gasteiger partial charge in [-0.15, -0.1) is 0 Å². The molecule has 0 N–H and O–H groups in total. The monoisotopic (exact) mass is 341 g/mol. The van der Waals surface area contributed by atoms with Crippen LogP contribution in [0, 0.1) is 5.82 Å². The SMILES string of the molecule is O=C(CCOC1CCOCC1)N1CCCc2cc(Cl)cc(F)c21. The Morgan fingerprint density at radius 1 is 1.39 bits per heavy atom. The van der Waals surface area contributed by atoms with Crippen LogP contribution in [0.4, 0.5) is 10.1 Å². The zero-order valence-corrected chi connectivity index (χ0v) is 13.8. The third-order valence-electron chi connectivity index (χ3n) is 4.34. The van der Waals surface area contributed by atoms with Gasteiger partial charge >= 0.3 is 0 Å². The minimum absolute atomic E-state index is 0.0979. The van der Waals surface area contributed by atoms with Crippen LogP contribution in [0.2, 0.25) is 5.02 Å². The maximum Gasteiger partial charge on any atom is 0.229 e. The van der Waals surface area contributed by atoms with Gasteiger partial charge in [0, 0.05) is 24.8 Å². The molecular formula is C17H21ClFNO3. The zero-order chi connectivity index (χ0) is 16.2. The minimum Gasteiger partial charge on any atom is -0.381 e. The van der Waals surface area contributed by atoms with Gasteiger partial charge < -0.3 is 14.4 Å². The molecule has 0 saturated carbocycles. The Balaban J connectivity index is 1.60. The van der Waals surface area contributed by atoms with Crippen LogP contribution in [-0.4, -0.2) is 38.4 Å². The van der Waals surface area contributed by atoms with Gasteiger partial charge in [0.25, 0.3) is 0 Å². The summed E-state index contributed by atoms with van der Waals surface area (Å²) in [4.78, 5) is 14.0. The average Bonchev–Trinajstić information content (AvgIpc) is 2.55. The predicted molar refractivity (Wildman–Crippen MR) is 86.5 cm³/mol. The van der Waals surface area contributed by atoms with Gasteiger partial charge in [0.1, 0.15) is 5.82 Å². The number of aryl methyl sites for hydroxylation is 1. The second kappa shape index (κ2) is 7.60. The van der Waals surface area contributed by atoms with Crippen LogP contribution in [0.25, 0.3) is 0 Å². The zero-order valence-electron chi connectivity index (χ0n) is 13.0. The van der Waals surface area contributed by atoms with E-state index in [0.29, 0.717) is 37.1 Å². The lowest BCUT2D eigenvalue weighted by Crippen LogP contribution is -2.37. The van der Waals surface area contributed by atoms with Gasteiger partial charge in [-0.05, 0) is 43.4 Å². The lowest BCUT2D eigenvalue weighted by molar-refractivity contribution is -0.120. The highest BCUT2D eigenvalue weighted by Gasteiger charge is 2.26. The lowest BCUT2D eigenvalue weighted by atomic mass is 10.0. The number of nitrogens with zero attached hydrogens (tertiary/aromatic N) is 1. The summed E-state index contributed by atoms with van der Waals surface area (Å²) in [6.07, 6.45) is 3.73. The molecular weight excluding hydrogens is 321 g/mol. The highest BCUT2D eigenvalue weighted by molar-refractivity contribution is 6.30. The number of hydrogen-bond donors (Lipinski definition) is 0. The van der Waals surface area contributed by atoms with Gasteiger partial charge in [-0.3, -0.25) is 4.79 Å². The minimum atomic E-state index is -0.425.